The fourth-order valence-electron chi connectivity index (χ4n) is 2.47. The van der Waals surface area contributed by atoms with Crippen molar-refractivity contribution in [2.45, 2.75) is 49.3 Å². The highest BCUT2D eigenvalue weighted by atomic mass is 32.2. The van der Waals surface area contributed by atoms with Crippen molar-refractivity contribution in [3.05, 3.63) is 29.8 Å². The van der Waals surface area contributed by atoms with E-state index in [9.17, 15) is 18.0 Å². The molecule has 126 valence electrons. The molecule has 2 rings (SSSR count). The third-order valence-corrected chi connectivity index (χ3v) is 6.11. The first-order chi connectivity index (χ1) is 10.8. The molecule has 1 aromatic carbocycles. The summed E-state index contributed by atoms with van der Waals surface area (Å²) in [7, 11) is -3.58. The van der Waals surface area contributed by atoms with Gasteiger partial charge in [0.25, 0.3) is 5.91 Å². The molecule has 1 heterocycles. The van der Waals surface area contributed by atoms with Gasteiger partial charge in [-0.05, 0) is 45.2 Å². The Bertz CT molecular complexity index is 698. The Labute approximate surface area is 136 Å². The summed E-state index contributed by atoms with van der Waals surface area (Å²) < 4.78 is 24.8. The summed E-state index contributed by atoms with van der Waals surface area (Å²) >= 11 is 0. The smallest absolute Gasteiger partial charge is 0.253 e. The minimum absolute atomic E-state index is 0.00142. The van der Waals surface area contributed by atoms with E-state index < -0.39 is 27.0 Å². The van der Waals surface area contributed by atoms with Crippen LogP contribution in [-0.4, -0.2) is 38.1 Å². The van der Waals surface area contributed by atoms with Crippen molar-refractivity contribution in [3.63, 3.8) is 0 Å². The van der Waals surface area contributed by atoms with Gasteiger partial charge in [-0.2, -0.15) is 0 Å². The zero-order chi connectivity index (χ0) is 17.0. The highest BCUT2D eigenvalue weighted by Gasteiger charge is 2.28. The molecule has 0 bridgehead atoms. The fraction of sp³-hybridized carbons (Fsp3) is 0.500. The molecule has 1 fully saturated rings. The van der Waals surface area contributed by atoms with Crippen molar-refractivity contribution in [2.24, 2.45) is 0 Å². The normalized spacial score (nSPS) is 19.1. The molecule has 1 aromatic rings. The Morgan fingerprint density at radius 1 is 1.26 bits per heavy atom. The maximum atomic E-state index is 12.5. The largest absolute Gasteiger partial charge is 0.354 e. The van der Waals surface area contributed by atoms with Gasteiger partial charge >= 0.3 is 0 Å². The molecular weight excluding hydrogens is 316 g/mol. The molecule has 1 aliphatic rings. The topological polar surface area (TPSA) is 92.3 Å². The van der Waals surface area contributed by atoms with Crippen molar-refractivity contribution in [1.29, 1.82) is 0 Å². The monoisotopic (exact) mass is 338 g/mol. The molecule has 0 spiro atoms. The van der Waals surface area contributed by atoms with Crippen molar-refractivity contribution < 1.29 is 18.0 Å². The van der Waals surface area contributed by atoms with E-state index >= 15 is 0 Å². The number of sulfone groups is 1. The van der Waals surface area contributed by atoms with E-state index in [0.717, 1.165) is 12.8 Å². The molecule has 2 amide bonds. The Hall–Kier alpha value is -1.89. The fourth-order valence-corrected chi connectivity index (χ4v) is 3.71. The van der Waals surface area contributed by atoms with Gasteiger partial charge < -0.3 is 10.6 Å². The zero-order valence-electron chi connectivity index (χ0n) is 13.3. The minimum Gasteiger partial charge on any atom is -0.354 e. The predicted octanol–water partition coefficient (Wildman–Crippen LogP) is 1.27. The van der Waals surface area contributed by atoms with Gasteiger partial charge in [-0.15, -0.1) is 0 Å². The lowest BCUT2D eigenvalue weighted by Gasteiger charge is -2.17. The van der Waals surface area contributed by atoms with E-state index in [2.05, 4.69) is 10.6 Å². The number of amides is 2. The van der Waals surface area contributed by atoms with Crippen LogP contribution in [0, 0.1) is 0 Å². The van der Waals surface area contributed by atoms with Crippen LogP contribution in [0.15, 0.2) is 29.2 Å². The molecule has 0 saturated carbocycles. The number of hydrogen-bond acceptors (Lipinski definition) is 4. The number of benzene rings is 1. The van der Waals surface area contributed by atoms with Crippen LogP contribution in [0.1, 0.15) is 43.5 Å². The molecule has 0 radical (unpaired) electrons. The number of nitrogens with one attached hydrogen (secondary N) is 2. The van der Waals surface area contributed by atoms with Crippen LogP contribution in [0.3, 0.4) is 0 Å². The van der Waals surface area contributed by atoms with Crippen molar-refractivity contribution >= 4 is 21.7 Å². The number of carbonyl (C=O) groups excluding carboxylic acids is 2. The lowest BCUT2D eigenvalue weighted by molar-refractivity contribution is -0.122. The quantitative estimate of drug-likeness (QED) is 0.865. The Morgan fingerprint density at radius 2 is 1.96 bits per heavy atom. The Kier molecular flexibility index (Phi) is 5.41. The van der Waals surface area contributed by atoms with Gasteiger partial charge in [-0.25, -0.2) is 8.42 Å². The van der Waals surface area contributed by atoms with Crippen LogP contribution in [0.5, 0.6) is 0 Å². The second-order valence-corrected chi connectivity index (χ2v) is 8.38. The standard InChI is InChI=1S/C16H22N2O4S/c1-11(2)23(21,22)14-9-4-3-7-12(14)15(19)18-13-8-5-6-10-17-16(13)20/h3-4,7,9,11,13H,5-6,8,10H2,1-2H3,(H,17,20)(H,18,19). The second-order valence-electron chi connectivity index (χ2n) is 5.90. The van der Waals surface area contributed by atoms with Gasteiger partial charge in [-0.1, -0.05) is 12.1 Å². The van der Waals surface area contributed by atoms with Crippen LogP contribution in [0.2, 0.25) is 0 Å². The highest BCUT2D eigenvalue weighted by molar-refractivity contribution is 7.92. The molecule has 0 aromatic heterocycles. The molecular formula is C16H22N2O4S. The van der Waals surface area contributed by atoms with E-state index in [0.29, 0.717) is 13.0 Å². The summed E-state index contributed by atoms with van der Waals surface area (Å²) in [4.78, 5) is 24.4. The number of carbonyl (C=O) groups is 2. The third kappa shape index (κ3) is 3.90. The van der Waals surface area contributed by atoms with E-state index in [4.69, 9.17) is 0 Å². The van der Waals surface area contributed by atoms with Crippen molar-refractivity contribution in [3.8, 4) is 0 Å². The van der Waals surface area contributed by atoms with Gasteiger partial charge in [-0.3, -0.25) is 9.59 Å². The summed E-state index contributed by atoms with van der Waals surface area (Å²) in [5.41, 5.74) is 0.0817. The summed E-state index contributed by atoms with van der Waals surface area (Å²) in [6.45, 7) is 3.75. The second kappa shape index (κ2) is 7.12. The first kappa shape index (κ1) is 17.5. The lowest BCUT2D eigenvalue weighted by Crippen LogP contribution is -2.45. The van der Waals surface area contributed by atoms with Crippen LogP contribution in [-0.2, 0) is 14.6 Å². The van der Waals surface area contributed by atoms with E-state index in [1.165, 1.54) is 12.1 Å². The molecule has 7 heteroatoms. The third-order valence-electron chi connectivity index (χ3n) is 3.90. The van der Waals surface area contributed by atoms with Gasteiger partial charge in [0.2, 0.25) is 5.91 Å². The molecule has 23 heavy (non-hydrogen) atoms. The summed E-state index contributed by atoms with van der Waals surface area (Å²) in [5.74, 6) is -0.757. The van der Waals surface area contributed by atoms with E-state index in [1.54, 1.807) is 26.0 Å². The predicted molar refractivity (Wildman–Crippen MR) is 86.9 cm³/mol. The van der Waals surface area contributed by atoms with Crippen molar-refractivity contribution in [1.82, 2.24) is 10.6 Å². The maximum Gasteiger partial charge on any atom is 0.253 e. The van der Waals surface area contributed by atoms with Crippen LogP contribution >= 0.6 is 0 Å². The number of hydrogen-bond donors (Lipinski definition) is 2. The first-order valence-electron chi connectivity index (χ1n) is 7.75. The van der Waals surface area contributed by atoms with Crippen LogP contribution in [0.4, 0.5) is 0 Å². The number of rotatable bonds is 4. The molecule has 1 atom stereocenters. The molecule has 2 N–H and O–H groups in total. The summed E-state index contributed by atoms with van der Waals surface area (Å²) in [5, 5.41) is 4.78. The van der Waals surface area contributed by atoms with Crippen LogP contribution in [0.25, 0.3) is 0 Å². The van der Waals surface area contributed by atoms with Gasteiger partial charge in [0, 0.05) is 6.54 Å². The van der Waals surface area contributed by atoms with Gasteiger partial charge in [0.05, 0.1) is 15.7 Å². The maximum absolute atomic E-state index is 12.5. The Morgan fingerprint density at radius 3 is 2.65 bits per heavy atom. The van der Waals surface area contributed by atoms with E-state index in [-0.39, 0.29) is 16.4 Å². The molecule has 1 aliphatic heterocycles. The average molecular weight is 338 g/mol. The zero-order valence-corrected chi connectivity index (χ0v) is 14.2. The van der Waals surface area contributed by atoms with Crippen molar-refractivity contribution in [2.75, 3.05) is 6.54 Å². The lowest BCUT2D eigenvalue weighted by atomic mass is 10.1. The summed E-state index contributed by atoms with van der Waals surface area (Å²) in [6, 6.07) is 5.47. The van der Waals surface area contributed by atoms with E-state index in [1.807, 2.05) is 0 Å². The minimum atomic E-state index is -3.58. The Balaban J connectivity index is 2.28. The summed E-state index contributed by atoms with van der Waals surface area (Å²) in [6.07, 6.45) is 2.25. The molecule has 6 nitrogen and oxygen atoms in total. The SMILES string of the molecule is CC(C)S(=O)(=O)c1ccccc1C(=O)NC1CCCCNC1=O. The molecule has 1 unspecified atom stereocenters. The molecule has 0 aliphatic carbocycles. The first-order valence-corrected chi connectivity index (χ1v) is 9.30. The molecule has 1 saturated heterocycles. The van der Waals surface area contributed by atoms with Gasteiger partial charge in [0.15, 0.2) is 9.84 Å². The highest BCUT2D eigenvalue weighted by Crippen LogP contribution is 2.21. The van der Waals surface area contributed by atoms with Gasteiger partial charge in [0.1, 0.15) is 6.04 Å². The van der Waals surface area contributed by atoms with Crippen LogP contribution < -0.4 is 10.6 Å². The average Bonchev–Trinajstić information content (AvgIpc) is 2.72.